The fraction of sp³-hybridized carbons (Fsp3) is 0.900. The van der Waals surface area contributed by atoms with Crippen LogP contribution in [-0.4, -0.2) is 37.9 Å². The maximum atomic E-state index is 11.6. The Morgan fingerprint density at radius 2 is 2.07 bits per heavy atom. The molecule has 2 rings (SSSR count). The number of hydrogen-bond acceptors (Lipinski definition) is 4. The van der Waals surface area contributed by atoms with Crippen LogP contribution >= 0.6 is 0 Å². The van der Waals surface area contributed by atoms with Crippen molar-refractivity contribution in [2.24, 2.45) is 0 Å². The first-order valence-electron chi connectivity index (χ1n) is 5.38. The van der Waals surface area contributed by atoms with Crippen LogP contribution in [0.1, 0.15) is 25.7 Å². The van der Waals surface area contributed by atoms with Crippen molar-refractivity contribution in [3.8, 4) is 0 Å². The maximum absolute atomic E-state index is 11.6. The molecule has 2 heterocycles. The Morgan fingerprint density at radius 1 is 1.29 bits per heavy atom. The molecule has 0 aromatic heterocycles. The lowest BCUT2D eigenvalue weighted by Gasteiger charge is -2.23. The van der Waals surface area contributed by atoms with E-state index < -0.39 is 0 Å². The van der Waals surface area contributed by atoms with Crippen LogP contribution in [0.5, 0.6) is 0 Å². The molecule has 80 valence electrons. The molecule has 0 amide bonds. The molecule has 2 saturated heterocycles. The third-order valence-corrected chi connectivity index (χ3v) is 2.80. The molecule has 4 nitrogen and oxygen atoms in total. The molecule has 0 spiro atoms. The standard InChI is InChI=1S/C10H17NO3/c12-10(9-2-1-5-11-9)14-8-3-6-13-7-4-8/h8-9,11H,1-7H2. The van der Waals surface area contributed by atoms with Crippen molar-refractivity contribution in [1.82, 2.24) is 5.32 Å². The van der Waals surface area contributed by atoms with Gasteiger partial charge in [-0.05, 0) is 19.4 Å². The number of carbonyl (C=O) groups excluding carboxylic acids is 1. The second-order valence-corrected chi connectivity index (χ2v) is 3.90. The second-order valence-electron chi connectivity index (χ2n) is 3.90. The van der Waals surface area contributed by atoms with Gasteiger partial charge in [0.2, 0.25) is 0 Å². The summed E-state index contributed by atoms with van der Waals surface area (Å²) >= 11 is 0. The van der Waals surface area contributed by atoms with Gasteiger partial charge < -0.3 is 14.8 Å². The number of esters is 1. The lowest BCUT2D eigenvalue weighted by molar-refractivity contribution is -0.155. The van der Waals surface area contributed by atoms with Crippen molar-refractivity contribution >= 4 is 5.97 Å². The van der Waals surface area contributed by atoms with E-state index in [4.69, 9.17) is 9.47 Å². The Labute approximate surface area is 84.0 Å². The van der Waals surface area contributed by atoms with Crippen LogP contribution < -0.4 is 5.32 Å². The summed E-state index contributed by atoms with van der Waals surface area (Å²) in [5, 5.41) is 3.14. The van der Waals surface area contributed by atoms with E-state index in [1.165, 1.54) is 0 Å². The number of hydrogen-bond donors (Lipinski definition) is 1. The first-order chi connectivity index (χ1) is 6.86. The maximum Gasteiger partial charge on any atom is 0.323 e. The monoisotopic (exact) mass is 199 g/mol. The summed E-state index contributed by atoms with van der Waals surface area (Å²) < 4.78 is 10.6. The summed E-state index contributed by atoms with van der Waals surface area (Å²) in [5.74, 6) is -0.0746. The minimum atomic E-state index is -0.0746. The zero-order chi connectivity index (χ0) is 9.80. The number of carbonyl (C=O) groups is 1. The highest BCUT2D eigenvalue weighted by atomic mass is 16.6. The van der Waals surface area contributed by atoms with Gasteiger partial charge in [0.15, 0.2) is 0 Å². The minimum Gasteiger partial charge on any atom is -0.461 e. The van der Waals surface area contributed by atoms with Crippen LogP contribution in [-0.2, 0) is 14.3 Å². The van der Waals surface area contributed by atoms with E-state index in [-0.39, 0.29) is 18.1 Å². The number of rotatable bonds is 2. The topological polar surface area (TPSA) is 47.6 Å². The Bertz CT molecular complexity index is 196. The summed E-state index contributed by atoms with van der Waals surface area (Å²) in [7, 11) is 0. The number of nitrogens with one attached hydrogen (secondary N) is 1. The summed E-state index contributed by atoms with van der Waals surface area (Å²) in [6.07, 6.45) is 3.77. The quantitative estimate of drug-likeness (QED) is 0.656. The van der Waals surface area contributed by atoms with E-state index in [0.717, 1.165) is 45.4 Å². The first-order valence-corrected chi connectivity index (χ1v) is 5.38. The Kier molecular flexibility index (Phi) is 3.37. The van der Waals surface area contributed by atoms with Gasteiger partial charge in [-0.1, -0.05) is 0 Å². The van der Waals surface area contributed by atoms with Crippen LogP contribution in [0, 0.1) is 0 Å². The van der Waals surface area contributed by atoms with E-state index >= 15 is 0 Å². The highest BCUT2D eigenvalue weighted by Gasteiger charge is 2.26. The van der Waals surface area contributed by atoms with Gasteiger partial charge >= 0.3 is 5.97 Å². The van der Waals surface area contributed by atoms with Crippen molar-refractivity contribution < 1.29 is 14.3 Å². The van der Waals surface area contributed by atoms with Crippen LogP contribution in [0.15, 0.2) is 0 Å². The molecular weight excluding hydrogens is 182 g/mol. The predicted octanol–water partition coefficient (Wildman–Crippen LogP) is 0.461. The third kappa shape index (κ3) is 2.45. The van der Waals surface area contributed by atoms with Crippen LogP contribution in [0.25, 0.3) is 0 Å². The Morgan fingerprint density at radius 3 is 2.71 bits per heavy atom. The fourth-order valence-corrected chi connectivity index (χ4v) is 1.93. The zero-order valence-corrected chi connectivity index (χ0v) is 8.33. The zero-order valence-electron chi connectivity index (χ0n) is 8.33. The van der Waals surface area contributed by atoms with Crippen LogP contribution in [0.4, 0.5) is 0 Å². The Balaban J connectivity index is 1.75. The lowest BCUT2D eigenvalue weighted by atomic mass is 10.1. The molecule has 0 aliphatic carbocycles. The fourth-order valence-electron chi connectivity index (χ4n) is 1.93. The summed E-state index contributed by atoms with van der Waals surface area (Å²) in [6, 6.07) is -0.0576. The van der Waals surface area contributed by atoms with Gasteiger partial charge in [-0.2, -0.15) is 0 Å². The average molecular weight is 199 g/mol. The number of ether oxygens (including phenoxy) is 2. The van der Waals surface area contributed by atoms with E-state index in [1.807, 2.05) is 0 Å². The van der Waals surface area contributed by atoms with Crippen molar-refractivity contribution in [3.63, 3.8) is 0 Å². The lowest BCUT2D eigenvalue weighted by Crippen LogP contribution is -2.36. The second kappa shape index (κ2) is 4.75. The minimum absolute atomic E-state index is 0.0576. The molecule has 2 aliphatic heterocycles. The molecule has 14 heavy (non-hydrogen) atoms. The van der Waals surface area contributed by atoms with Gasteiger partial charge in [-0.15, -0.1) is 0 Å². The van der Waals surface area contributed by atoms with Crippen LogP contribution in [0.2, 0.25) is 0 Å². The molecule has 1 N–H and O–H groups in total. The Hall–Kier alpha value is -0.610. The molecule has 0 aromatic rings. The SMILES string of the molecule is O=C(OC1CCOCC1)C1CCCN1. The smallest absolute Gasteiger partial charge is 0.323 e. The summed E-state index contributed by atoms with van der Waals surface area (Å²) in [5.41, 5.74) is 0. The van der Waals surface area contributed by atoms with E-state index in [1.54, 1.807) is 0 Å². The molecule has 0 saturated carbocycles. The molecule has 0 radical (unpaired) electrons. The summed E-state index contributed by atoms with van der Waals surface area (Å²) in [4.78, 5) is 11.6. The van der Waals surface area contributed by atoms with Gasteiger partial charge in [-0.3, -0.25) is 4.79 Å². The molecule has 4 heteroatoms. The van der Waals surface area contributed by atoms with E-state index in [0.29, 0.717) is 0 Å². The summed E-state index contributed by atoms with van der Waals surface area (Å²) in [6.45, 7) is 2.37. The largest absolute Gasteiger partial charge is 0.461 e. The molecule has 0 aromatic carbocycles. The van der Waals surface area contributed by atoms with Gasteiger partial charge in [0.1, 0.15) is 12.1 Å². The molecular formula is C10H17NO3. The average Bonchev–Trinajstić information content (AvgIpc) is 2.72. The molecule has 0 bridgehead atoms. The molecule has 1 atom stereocenters. The predicted molar refractivity (Wildman–Crippen MR) is 51.0 cm³/mol. The van der Waals surface area contributed by atoms with Crippen LogP contribution in [0.3, 0.4) is 0 Å². The van der Waals surface area contributed by atoms with Crippen molar-refractivity contribution in [2.45, 2.75) is 37.8 Å². The van der Waals surface area contributed by atoms with Gasteiger partial charge in [-0.25, -0.2) is 0 Å². The van der Waals surface area contributed by atoms with Crippen molar-refractivity contribution in [2.75, 3.05) is 19.8 Å². The van der Waals surface area contributed by atoms with E-state index in [9.17, 15) is 4.79 Å². The molecule has 2 fully saturated rings. The van der Waals surface area contributed by atoms with Crippen molar-refractivity contribution in [1.29, 1.82) is 0 Å². The first kappa shape index (κ1) is 9.93. The van der Waals surface area contributed by atoms with E-state index in [2.05, 4.69) is 5.32 Å². The van der Waals surface area contributed by atoms with Gasteiger partial charge in [0.25, 0.3) is 0 Å². The third-order valence-electron chi connectivity index (χ3n) is 2.80. The van der Waals surface area contributed by atoms with Crippen molar-refractivity contribution in [3.05, 3.63) is 0 Å². The van der Waals surface area contributed by atoms with Gasteiger partial charge in [0, 0.05) is 12.8 Å². The molecule has 1 unspecified atom stereocenters. The normalized spacial score (nSPS) is 29.0. The molecule has 2 aliphatic rings. The van der Waals surface area contributed by atoms with Gasteiger partial charge in [0.05, 0.1) is 13.2 Å². The highest BCUT2D eigenvalue weighted by Crippen LogP contribution is 2.14. The highest BCUT2D eigenvalue weighted by molar-refractivity contribution is 5.76.